The zero-order valence-electron chi connectivity index (χ0n) is 21.3. The SMILES string of the molecule is CC[C@@H](C(=O)NC(C)(C)C)N(Cc1ccccc1)C(=O)CN(c1cccc(C)c1C)S(C)(=O)=O. The van der Waals surface area contributed by atoms with E-state index in [0.717, 1.165) is 27.3 Å². The molecule has 0 saturated heterocycles. The van der Waals surface area contributed by atoms with E-state index in [0.29, 0.717) is 12.1 Å². The van der Waals surface area contributed by atoms with E-state index in [2.05, 4.69) is 5.32 Å². The van der Waals surface area contributed by atoms with E-state index in [1.807, 2.05) is 77.9 Å². The Morgan fingerprint density at radius 2 is 1.62 bits per heavy atom. The van der Waals surface area contributed by atoms with Gasteiger partial charge in [-0.15, -0.1) is 0 Å². The van der Waals surface area contributed by atoms with Crippen LogP contribution in [-0.4, -0.2) is 49.5 Å². The standard InChI is InChI=1S/C26H37N3O4S/c1-8-22(25(31)27-26(4,5)6)28(17-21-14-10-9-11-15-21)24(30)18-29(34(7,32)33)23-16-12-13-19(2)20(23)3/h9-16,22H,8,17-18H2,1-7H3,(H,27,31)/t22-/m0/s1. The van der Waals surface area contributed by atoms with Gasteiger partial charge in [-0.2, -0.15) is 0 Å². The predicted octanol–water partition coefficient (Wildman–Crippen LogP) is 3.79. The average Bonchev–Trinajstić information content (AvgIpc) is 2.72. The second kappa shape index (κ2) is 11.0. The molecule has 0 saturated carbocycles. The van der Waals surface area contributed by atoms with Crippen molar-refractivity contribution >= 4 is 27.5 Å². The molecule has 0 aromatic heterocycles. The molecule has 0 aliphatic heterocycles. The van der Waals surface area contributed by atoms with Gasteiger partial charge in [-0.05, 0) is 63.8 Å². The number of carbonyl (C=O) groups excluding carboxylic acids is 2. The van der Waals surface area contributed by atoms with Crippen LogP contribution in [0.25, 0.3) is 0 Å². The molecule has 186 valence electrons. The van der Waals surface area contributed by atoms with E-state index in [-0.39, 0.29) is 12.5 Å². The summed E-state index contributed by atoms with van der Waals surface area (Å²) in [5.41, 5.74) is 2.56. The Morgan fingerprint density at radius 1 is 1.00 bits per heavy atom. The maximum absolute atomic E-state index is 13.7. The van der Waals surface area contributed by atoms with Crippen LogP contribution in [0.1, 0.15) is 50.8 Å². The molecule has 7 nitrogen and oxygen atoms in total. The molecule has 0 radical (unpaired) electrons. The van der Waals surface area contributed by atoms with Crippen LogP contribution in [0, 0.1) is 13.8 Å². The van der Waals surface area contributed by atoms with Gasteiger partial charge in [0.2, 0.25) is 21.8 Å². The zero-order chi connectivity index (χ0) is 25.7. The fourth-order valence-corrected chi connectivity index (χ4v) is 4.65. The Morgan fingerprint density at radius 3 is 2.15 bits per heavy atom. The molecular weight excluding hydrogens is 450 g/mol. The molecule has 0 spiro atoms. The van der Waals surface area contributed by atoms with Crippen molar-refractivity contribution in [1.29, 1.82) is 0 Å². The second-order valence-electron chi connectivity index (χ2n) is 9.66. The van der Waals surface area contributed by atoms with Gasteiger partial charge in [0, 0.05) is 12.1 Å². The van der Waals surface area contributed by atoms with E-state index in [1.54, 1.807) is 12.1 Å². The predicted molar refractivity (Wildman–Crippen MR) is 137 cm³/mol. The number of rotatable bonds is 9. The molecule has 0 fully saturated rings. The number of nitrogens with one attached hydrogen (secondary N) is 1. The van der Waals surface area contributed by atoms with Gasteiger partial charge < -0.3 is 10.2 Å². The van der Waals surface area contributed by atoms with Crippen molar-refractivity contribution in [2.24, 2.45) is 0 Å². The lowest BCUT2D eigenvalue weighted by Crippen LogP contribution is -2.55. The summed E-state index contributed by atoms with van der Waals surface area (Å²) in [6.45, 7) is 11.0. The van der Waals surface area contributed by atoms with Gasteiger partial charge in [-0.1, -0.05) is 49.4 Å². The Balaban J connectivity index is 2.48. The molecule has 0 aliphatic rings. The third-order valence-corrected chi connectivity index (χ3v) is 6.73. The first-order valence-corrected chi connectivity index (χ1v) is 13.3. The van der Waals surface area contributed by atoms with E-state index in [4.69, 9.17) is 0 Å². The zero-order valence-corrected chi connectivity index (χ0v) is 22.1. The molecule has 0 heterocycles. The van der Waals surface area contributed by atoms with Crippen LogP contribution >= 0.6 is 0 Å². The van der Waals surface area contributed by atoms with Crippen LogP contribution in [0.5, 0.6) is 0 Å². The van der Waals surface area contributed by atoms with Crippen molar-refractivity contribution in [3.05, 3.63) is 65.2 Å². The van der Waals surface area contributed by atoms with Crippen LogP contribution in [0.4, 0.5) is 5.69 Å². The number of aryl methyl sites for hydroxylation is 1. The van der Waals surface area contributed by atoms with Crippen LogP contribution < -0.4 is 9.62 Å². The van der Waals surface area contributed by atoms with Crippen LogP contribution in [0.2, 0.25) is 0 Å². The fraction of sp³-hybridized carbons (Fsp3) is 0.462. The minimum atomic E-state index is -3.75. The molecule has 1 N–H and O–H groups in total. The summed E-state index contributed by atoms with van der Waals surface area (Å²) in [4.78, 5) is 28.3. The lowest BCUT2D eigenvalue weighted by atomic mass is 10.1. The van der Waals surface area contributed by atoms with E-state index in [1.165, 1.54) is 4.90 Å². The average molecular weight is 488 g/mol. The summed E-state index contributed by atoms with van der Waals surface area (Å²) in [6, 6.07) is 14.0. The van der Waals surface area contributed by atoms with Gasteiger partial charge in [-0.25, -0.2) is 8.42 Å². The molecule has 2 amide bonds. The van der Waals surface area contributed by atoms with Crippen molar-refractivity contribution in [2.45, 2.75) is 66.1 Å². The number of amides is 2. The Hall–Kier alpha value is -2.87. The maximum atomic E-state index is 13.7. The first-order chi connectivity index (χ1) is 15.7. The third kappa shape index (κ3) is 7.32. The van der Waals surface area contributed by atoms with Gasteiger partial charge in [-0.3, -0.25) is 13.9 Å². The van der Waals surface area contributed by atoms with Crippen molar-refractivity contribution < 1.29 is 18.0 Å². The van der Waals surface area contributed by atoms with E-state index in [9.17, 15) is 18.0 Å². The molecule has 2 rings (SSSR count). The highest BCUT2D eigenvalue weighted by molar-refractivity contribution is 7.92. The van der Waals surface area contributed by atoms with Crippen LogP contribution in [0.3, 0.4) is 0 Å². The monoisotopic (exact) mass is 487 g/mol. The van der Waals surface area contributed by atoms with Crippen molar-refractivity contribution in [3.63, 3.8) is 0 Å². The van der Waals surface area contributed by atoms with Gasteiger partial charge in [0.25, 0.3) is 0 Å². The topological polar surface area (TPSA) is 86.8 Å². The number of hydrogen-bond donors (Lipinski definition) is 1. The Labute approximate surface area is 204 Å². The van der Waals surface area contributed by atoms with Gasteiger partial charge in [0.1, 0.15) is 12.6 Å². The third-order valence-electron chi connectivity index (χ3n) is 5.60. The summed E-state index contributed by atoms with van der Waals surface area (Å²) >= 11 is 0. The number of carbonyl (C=O) groups is 2. The quantitative estimate of drug-likeness (QED) is 0.583. The molecule has 34 heavy (non-hydrogen) atoms. The maximum Gasteiger partial charge on any atom is 0.244 e. The van der Waals surface area contributed by atoms with Crippen molar-refractivity contribution in [3.8, 4) is 0 Å². The number of benzene rings is 2. The van der Waals surface area contributed by atoms with Gasteiger partial charge in [0.05, 0.1) is 11.9 Å². The van der Waals surface area contributed by atoms with E-state index < -0.39 is 34.1 Å². The first kappa shape index (κ1) is 27.4. The smallest absolute Gasteiger partial charge is 0.244 e. The van der Waals surface area contributed by atoms with Crippen molar-refractivity contribution in [2.75, 3.05) is 17.1 Å². The largest absolute Gasteiger partial charge is 0.350 e. The summed E-state index contributed by atoms with van der Waals surface area (Å²) in [5.74, 6) is -0.706. The molecule has 0 unspecified atom stereocenters. The second-order valence-corrected chi connectivity index (χ2v) is 11.6. The molecule has 0 aliphatic carbocycles. The van der Waals surface area contributed by atoms with Gasteiger partial charge >= 0.3 is 0 Å². The summed E-state index contributed by atoms with van der Waals surface area (Å²) in [6.07, 6.45) is 1.48. The normalized spacial score (nSPS) is 12.7. The Kier molecular flexibility index (Phi) is 8.89. The molecule has 8 heteroatoms. The molecule has 2 aromatic carbocycles. The van der Waals surface area contributed by atoms with Crippen LogP contribution in [-0.2, 0) is 26.2 Å². The summed E-state index contributed by atoms with van der Waals surface area (Å²) in [7, 11) is -3.75. The number of sulfonamides is 1. The highest BCUT2D eigenvalue weighted by atomic mass is 32.2. The number of nitrogens with zero attached hydrogens (tertiary/aromatic N) is 2. The minimum absolute atomic E-state index is 0.195. The summed E-state index contributed by atoms with van der Waals surface area (Å²) < 4.78 is 26.6. The van der Waals surface area contributed by atoms with Gasteiger partial charge in [0.15, 0.2) is 0 Å². The molecule has 0 bridgehead atoms. The number of anilines is 1. The van der Waals surface area contributed by atoms with E-state index >= 15 is 0 Å². The summed E-state index contributed by atoms with van der Waals surface area (Å²) in [5, 5.41) is 2.96. The fourth-order valence-electron chi connectivity index (χ4n) is 3.75. The molecule has 2 aromatic rings. The Bertz CT molecular complexity index is 1110. The lowest BCUT2D eigenvalue weighted by molar-refractivity contribution is -0.141. The lowest BCUT2D eigenvalue weighted by Gasteiger charge is -2.34. The molecule has 1 atom stereocenters. The highest BCUT2D eigenvalue weighted by Gasteiger charge is 2.33. The highest BCUT2D eigenvalue weighted by Crippen LogP contribution is 2.25. The minimum Gasteiger partial charge on any atom is -0.350 e. The first-order valence-electron chi connectivity index (χ1n) is 11.4. The van der Waals surface area contributed by atoms with Crippen LogP contribution in [0.15, 0.2) is 48.5 Å². The number of hydrogen-bond acceptors (Lipinski definition) is 4. The van der Waals surface area contributed by atoms with Crippen molar-refractivity contribution in [1.82, 2.24) is 10.2 Å². The molecular formula is C26H37N3O4S.